The van der Waals surface area contributed by atoms with E-state index in [0.717, 1.165) is 11.6 Å². The SMILES string of the molecule is O=C(Nc1ccc([C@@H]2C[C@H]2NCC2CC2)cc1)c1cn[nH]c1. The summed E-state index contributed by atoms with van der Waals surface area (Å²) in [7, 11) is 0. The molecule has 22 heavy (non-hydrogen) atoms. The highest BCUT2D eigenvalue weighted by Gasteiger charge is 2.38. The largest absolute Gasteiger partial charge is 0.322 e. The number of hydrogen-bond donors (Lipinski definition) is 3. The molecule has 0 unspecified atom stereocenters. The number of aromatic amines is 1. The van der Waals surface area contributed by atoms with Gasteiger partial charge in [-0.25, -0.2) is 0 Å². The summed E-state index contributed by atoms with van der Waals surface area (Å²) >= 11 is 0. The molecule has 0 bridgehead atoms. The number of anilines is 1. The Morgan fingerprint density at radius 1 is 1.27 bits per heavy atom. The summed E-state index contributed by atoms with van der Waals surface area (Å²) in [6.45, 7) is 1.18. The summed E-state index contributed by atoms with van der Waals surface area (Å²) < 4.78 is 0. The van der Waals surface area contributed by atoms with E-state index in [1.165, 1.54) is 37.6 Å². The Hall–Kier alpha value is -2.14. The van der Waals surface area contributed by atoms with E-state index in [-0.39, 0.29) is 5.91 Å². The number of aromatic nitrogens is 2. The highest BCUT2D eigenvalue weighted by Crippen LogP contribution is 2.41. The van der Waals surface area contributed by atoms with Crippen LogP contribution in [0, 0.1) is 5.92 Å². The number of amides is 1. The summed E-state index contributed by atoms with van der Waals surface area (Å²) in [6.07, 6.45) is 7.13. The Kier molecular flexibility index (Phi) is 3.42. The number of hydrogen-bond acceptors (Lipinski definition) is 3. The van der Waals surface area contributed by atoms with Crippen LogP contribution in [-0.4, -0.2) is 28.7 Å². The summed E-state index contributed by atoms with van der Waals surface area (Å²) in [4.78, 5) is 11.9. The normalized spacial score (nSPS) is 23.3. The minimum Gasteiger partial charge on any atom is -0.322 e. The molecule has 1 heterocycles. The smallest absolute Gasteiger partial charge is 0.258 e. The molecule has 1 aromatic heterocycles. The van der Waals surface area contributed by atoms with Gasteiger partial charge >= 0.3 is 0 Å². The van der Waals surface area contributed by atoms with Gasteiger partial charge in [-0.2, -0.15) is 5.10 Å². The number of carbonyl (C=O) groups is 1. The summed E-state index contributed by atoms with van der Waals surface area (Å²) in [6, 6.07) is 8.84. The van der Waals surface area contributed by atoms with Crippen molar-refractivity contribution < 1.29 is 4.79 Å². The van der Waals surface area contributed by atoms with Crippen molar-refractivity contribution in [2.24, 2.45) is 5.92 Å². The Bertz CT molecular complexity index is 646. The maximum atomic E-state index is 11.9. The molecule has 4 rings (SSSR count). The van der Waals surface area contributed by atoms with E-state index < -0.39 is 0 Å². The number of carbonyl (C=O) groups excluding carboxylic acids is 1. The summed E-state index contributed by atoms with van der Waals surface area (Å²) in [5, 5.41) is 12.9. The fourth-order valence-electron chi connectivity index (χ4n) is 2.82. The number of nitrogens with zero attached hydrogens (tertiary/aromatic N) is 1. The van der Waals surface area contributed by atoms with Gasteiger partial charge in [-0.15, -0.1) is 0 Å². The summed E-state index contributed by atoms with van der Waals surface area (Å²) in [5.74, 6) is 1.43. The molecule has 5 nitrogen and oxygen atoms in total. The van der Waals surface area contributed by atoms with E-state index in [9.17, 15) is 4.79 Å². The molecule has 114 valence electrons. The van der Waals surface area contributed by atoms with Crippen LogP contribution in [0.1, 0.15) is 41.1 Å². The van der Waals surface area contributed by atoms with Gasteiger partial charge in [0.15, 0.2) is 0 Å². The van der Waals surface area contributed by atoms with Gasteiger partial charge in [-0.05, 0) is 49.4 Å². The second-order valence-electron chi connectivity index (χ2n) is 6.36. The van der Waals surface area contributed by atoms with Gasteiger partial charge in [0.2, 0.25) is 0 Å². The lowest BCUT2D eigenvalue weighted by atomic mass is 10.1. The van der Waals surface area contributed by atoms with E-state index in [2.05, 4.69) is 33.0 Å². The van der Waals surface area contributed by atoms with Crippen LogP contribution in [0.15, 0.2) is 36.7 Å². The standard InChI is InChI=1S/C17H20N4O/c22-17(13-9-19-20-10-13)21-14-5-3-12(4-6-14)15-7-16(15)18-8-11-1-2-11/h3-6,9-11,15-16,18H,1-2,7-8H2,(H,19,20)(H,21,22)/t15-,16+/m0/s1. The lowest BCUT2D eigenvalue weighted by Gasteiger charge is -2.06. The van der Waals surface area contributed by atoms with Crippen molar-refractivity contribution in [2.45, 2.75) is 31.2 Å². The van der Waals surface area contributed by atoms with Gasteiger partial charge in [-0.3, -0.25) is 9.89 Å². The van der Waals surface area contributed by atoms with Gasteiger partial charge < -0.3 is 10.6 Å². The molecule has 2 aromatic rings. The van der Waals surface area contributed by atoms with Crippen molar-refractivity contribution >= 4 is 11.6 Å². The number of rotatable bonds is 6. The first-order valence-corrected chi connectivity index (χ1v) is 7.93. The highest BCUT2D eigenvalue weighted by molar-refractivity contribution is 6.03. The van der Waals surface area contributed by atoms with E-state index >= 15 is 0 Å². The Morgan fingerprint density at radius 3 is 2.77 bits per heavy atom. The number of nitrogens with one attached hydrogen (secondary N) is 3. The predicted molar refractivity (Wildman–Crippen MR) is 84.9 cm³/mol. The van der Waals surface area contributed by atoms with Crippen LogP contribution >= 0.6 is 0 Å². The van der Waals surface area contributed by atoms with Crippen LogP contribution in [-0.2, 0) is 0 Å². The molecule has 0 aliphatic heterocycles. The van der Waals surface area contributed by atoms with Crippen LogP contribution in [0.3, 0.4) is 0 Å². The monoisotopic (exact) mass is 296 g/mol. The molecule has 2 aliphatic carbocycles. The van der Waals surface area contributed by atoms with E-state index in [4.69, 9.17) is 0 Å². The average Bonchev–Trinajstić information content (AvgIpc) is 3.44. The third kappa shape index (κ3) is 3.04. The maximum Gasteiger partial charge on any atom is 0.258 e. The van der Waals surface area contributed by atoms with Crippen molar-refractivity contribution in [3.05, 3.63) is 47.8 Å². The van der Waals surface area contributed by atoms with Crippen molar-refractivity contribution in [1.29, 1.82) is 0 Å². The lowest BCUT2D eigenvalue weighted by Crippen LogP contribution is -2.20. The Morgan fingerprint density at radius 2 is 2.09 bits per heavy atom. The van der Waals surface area contributed by atoms with Gasteiger partial charge in [-0.1, -0.05) is 12.1 Å². The zero-order chi connectivity index (χ0) is 14.9. The zero-order valence-electron chi connectivity index (χ0n) is 12.4. The van der Waals surface area contributed by atoms with Crippen molar-refractivity contribution in [3.8, 4) is 0 Å². The first-order valence-electron chi connectivity index (χ1n) is 7.93. The second kappa shape index (κ2) is 5.57. The highest BCUT2D eigenvalue weighted by atomic mass is 16.1. The molecule has 1 aromatic carbocycles. The quantitative estimate of drug-likeness (QED) is 0.767. The van der Waals surface area contributed by atoms with Crippen LogP contribution < -0.4 is 10.6 Å². The number of benzene rings is 1. The first-order chi connectivity index (χ1) is 10.8. The summed E-state index contributed by atoms with van der Waals surface area (Å²) in [5.41, 5.74) is 2.71. The zero-order valence-corrected chi connectivity index (χ0v) is 12.4. The molecule has 0 saturated heterocycles. The van der Waals surface area contributed by atoms with Gasteiger partial charge in [0, 0.05) is 23.8 Å². The molecule has 5 heteroatoms. The average molecular weight is 296 g/mol. The Balaban J connectivity index is 1.32. The van der Waals surface area contributed by atoms with Crippen molar-refractivity contribution in [1.82, 2.24) is 15.5 Å². The van der Waals surface area contributed by atoms with Crippen molar-refractivity contribution in [3.63, 3.8) is 0 Å². The Labute approximate surface area is 129 Å². The molecule has 0 radical (unpaired) electrons. The first kappa shape index (κ1) is 13.5. The van der Waals surface area contributed by atoms with Crippen LogP contribution in [0.25, 0.3) is 0 Å². The van der Waals surface area contributed by atoms with E-state index in [1.807, 2.05) is 12.1 Å². The van der Waals surface area contributed by atoms with Crippen LogP contribution in [0.5, 0.6) is 0 Å². The molecule has 3 N–H and O–H groups in total. The molecular formula is C17H20N4O. The third-order valence-electron chi connectivity index (χ3n) is 4.51. The maximum absolute atomic E-state index is 11.9. The van der Waals surface area contributed by atoms with E-state index in [1.54, 1.807) is 6.20 Å². The molecule has 2 saturated carbocycles. The van der Waals surface area contributed by atoms with Gasteiger partial charge in [0.05, 0.1) is 11.8 Å². The van der Waals surface area contributed by atoms with E-state index in [0.29, 0.717) is 17.5 Å². The minimum absolute atomic E-state index is 0.142. The van der Waals surface area contributed by atoms with Crippen LogP contribution in [0.2, 0.25) is 0 Å². The van der Waals surface area contributed by atoms with Gasteiger partial charge in [0.1, 0.15) is 0 Å². The third-order valence-corrected chi connectivity index (χ3v) is 4.51. The molecular weight excluding hydrogens is 276 g/mol. The van der Waals surface area contributed by atoms with Crippen molar-refractivity contribution in [2.75, 3.05) is 11.9 Å². The number of H-pyrrole nitrogens is 1. The fourth-order valence-corrected chi connectivity index (χ4v) is 2.82. The second-order valence-corrected chi connectivity index (χ2v) is 6.36. The molecule has 2 fully saturated rings. The minimum atomic E-state index is -0.142. The van der Waals surface area contributed by atoms with Gasteiger partial charge in [0.25, 0.3) is 5.91 Å². The molecule has 2 atom stereocenters. The molecule has 2 aliphatic rings. The predicted octanol–water partition coefficient (Wildman–Crippen LogP) is 2.52. The fraction of sp³-hybridized carbons (Fsp3) is 0.412. The molecule has 0 spiro atoms. The lowest BCUT2D eigenvalue weighted by molar-refractivity contribution is 0.102. The molecule has 1 amide bonds. The van der Waals surface area contributed by atoms with Crippen LogP contribution in [0.4, 0.5) is 5.69 Å². The topological polar surface area (TPSA) is 69.8 Å².